The van der Waals surface area contributed by atoms with Crippen molar-refractivity contribution < 1.29 is 0 Å². The van der Waals surface area contributed by atoms with Crippen LogP contribution < -0.4 is 0 Å². The van der Waals surface area contributed by atoms with E-state index in [0.717, 1.165) is 0 Å². The molecule has 6 heavy (non-hydrogen) atoms. The van der Waals surface area contributed by atoms with E-state index < -0.39 is 0 Å². The zero-order valence-electron chi connectivity index (χ0n) is 2.75. The Morgan fingerprint density at radius 3 is 1.33 bits per heavy atom. The topological polar surface area (TPSA) is 0 Å². The second-order valence-corrected chi connectivity index (χ2v) is 5.51. The van der Waals surface area contributed by atoms with E-state index in [2.05, 4.69) is 23.3 Å². The van der Waals surface area contributed by atoms with Gasteiger partial charge in [-0.2, -0.15) is 0 Å². The monoisotopic (exact) mass is 298 g/mol. The Bertz CT molecular complexity index is 11.4. The summed E-state index contributed by atoms with van der Waals surface area (Å²) in [7, 11) is 3.95. The Labute approximate surface area is 99.2 Å². The molecule has 0 bridgehead atoms. The molecule has 6 heteroatoms. The molecule has 0 aliphatic rings. The molecular weight excluding hydrogens is 298 g/mol. The Morgan fingerprint density at radius 2 is 1.33 bits per heavy atom. The van der Waals surface area contributed by atoms with Crippen molar-refractivity contribution in [2.24, 2.45) is 0 Å². The normalized spacial score (nSPS) is 7.00. The minimum atomic E-state index is 0. The molecule has 0 aromatic rings. The minimum Gasteiger partial charge on any atom is -0.706 e. The average molecular weight is 298 g/mol. The smallest absolute Gasteiger partial charge is 0.706 e. The Hall–Kier alpha value is 3.32. The van der Waals surface area contributed by atoms with E-state index in [1.807, 2.05) is 0 Å². The third-order valence-corrected chi connectivity index (χ3v) is 4.50. The van der Waals surface area contributed by atoms with E-state index in [9.17, 15) is 0 Å². The molecule has 0 rings (SSSR count). The second-order valence-electron chi connectivity index (χ2n) is 0.204. The summed E-state index contributed by atoms with van der Waals surface area (Å²) < 4.78 is 0. The molecule has 0 unspecified atom stereocenters. The molecule has 0 aliphatic carbocycles. The molecule has 0 spiro atoms. The summed E-state index contributed by atoms with van der Waals surface area (Å²) in [5.41, 5.74) is 0. The largest absolute Gasteiger partial charge is 2.00 e. The summed E-state index contributed by atoms with van der Waals surface area (Å²) >= 11 is 8.89. The van der Waals surface area contributed by atoms with Gasteiger partial charge in [0, 0.05) is 0 Å². The average Bonchev–Trinajstić information content (AvgIpc) is 1.41. The Kier molecular flexibility index (Phi) is 22.4. The van der Waals surface area contributed by atoms with Crippen molar-refractivity contribution in [2.45, 2.75) is 0 Å². The fourth-order valence-electron chi connectivity index (χ4n) is 0.0113. The molecule has 0 N–H and O–H groups in total. The first-order chi connectivity index (χ1) is 2.41. The summed E-state index contributed by atoms with van der Waals surface area (Å²) in [6.07, 6.45) is 0. The van der Waals surface area contributed by atoms with Crippen LogP contribution in [-0.4, -0.2) is 48.9 Å². The van der Waals surface area contributed by atoms with Crippen LogP contribution in [0.1, 0.15) is 0 Å². The van der Waals surface area contributed by atoms with Gasteiger partial charge in [-0.3, -0.25) is 19.7 Å². The minimum absolute atomic E-state index is 0. The Morgan fingerprint density at radius 1 is 1.00 bits per heavy atom. The van der Waals surface area contributed by atoms with Crippen LogP contribution in [0.25, 0.3) is 0 Å². The van der Waals surface area contributed by atoms with Gasteiger partial charge in [0.1, 0.15) is 0 Å². The van der Waals surface area contributed by atoms with Crippen LogP contribution in [0.3, 0.4) is 0 Å². The summed E-state index contributed by atoms with van der Waals surface area (Å²) in [6, 6.07) is 0. The maximum atomic E-state index is 4.44. The van der Waals surface area contributed by atoms with Crippen LogP contribution in [0, 0.1) is 0 Å². The predicted molar refractivity (Wildman–Crippen MR) is 43.3 cm³/mol. The SMILES string of the molecule is [Ba+2].[S-]SSS[S-]. The van der Waals surface area contributed by atoms with E-state index in [4.69, 9.17) is 0 Å². The molecule has 0 amide bonds. The molecule has 0 atom stereocenters. The zero-order chi connectivity index (χ0) is 4.12. The van der Waals surface area contributed by atoms with E-state index in [-0.39, 0.29) is 48.9 Å². The summed E-state index contributed by atoms with van der Waals surface area (Å²) in [5.74, 6) is 0. The third kappa shape index (κ3) is 10.3. The summed E-state index contributed by atoms with van der Waals surface area (Å²) in [6.45, 7) is 0. The van der Waals surface area contributed by atoms with Crippen molar-refractivity contribution in [3.8, 4) is 0 Å². The van der Waals surface area contributed by atoms with Crippen molar-refractivity contribution in [3.63, 3.8) is 0 Å². The summed E-state index contributed by atoms with van der Waals surface area (Å²) in [5, 5.41) is 0. The van der Waals surface area contributed by atoms with Crippen molar-refractivity contribution >= 4 is 102 Å². The molecular formula is BaS5. The van der Waals surface area contributed by atoms with E-state index >= 15 is 0 Å². The van der Waals surface area contributed by atoms with Gasteiger partial charge in [0.05, 0.1) is 0 Å². The van der Waals surface area contributed by atoms with Crippen molar-refractivity contribution in [1.29, 1.82) is 0 Å². The van der Waals surface area contributed by atoms with E-state index in [0.29, 0.717) is 0 Å². The molecule has 0 heterocycles. The van der Waals surface area contributed by atoms with Crippen LogP contribution >= 0.6 is 29.5 Å². The van der Waals surface area contributed by atoms with Gasteiger partial charge in [0.25, 0.3) is 0 Å². The van der Waals surface area contributed by atoms with Gasteiger partial charge in [-0.25, -0.2) is 0 Å². The first-order valence-corrected chi connectivity index (χ1v) is 6.00. The van der Waals surface area contributed by atoms with Crippen LogP contribution in [0.15, 0.2) is 0 Å². The van der Waals surface area contributed by atoms with Crippen LogP contribution in [0.2, 0.25) is 0 Å². The van der Waals surface area contributed by atoms with Gasteiger partial charge < -0.3 is 23.3 Å². The van der Waals surface area contributed by atoms with Gasteiger partial charge in [-0.1, -0.05) is 9.83 Å². The van der Waals surface area contributed by atoms with Crippen LogP contribution in [0.4, 0.5) is 0 Å². The van der Waals surface area contributed by atoms with Crippen LogP contribution in [0.5, 0.6) is 0 Å². The number of hydrogen-bond acceptors (Lipinski definition) is 5. The van der Waals surface area contributed by atoms with Crippen molar-refractivity contribution in [3.05, 3.63) is 0 Å². The van der Waals surface area contributed by atoms with Gasteiger partial charge in [-0.15, -0.1) is 0 Å². The molecule has 0 aromatic heterocycles. The first kappa shape index (κ1) is 12.0. The van der Waals surface area contributed by atoms with E-state index in [1.165, 1.54) is 29.5 Å². The third-order valence-electron chi connectivity index (χ3n) is 0.0556. The summed E-state index contributed by atoms with van der Waals surface area (Å²) in [4.78, 5) is 0. The quantitative estimate of drug-likeness (QED) is 0.430. The van der Waals surface area contributed by atoms with Gasteiger partial charge in [-0.05, 0) is 0 Å². The maximum absolute atomic E-state index is 4.44. The number of rotatable bonds is 2. The molecule has 0 nitrogen and oxygen atoms in total. The van der Waals surface area contributed by atoms with E-state index in [1.54, 1.807) is 0 Å². The van der Waals surface area contributed by atoms with Gasteiger partial charge in [0.2, 0.25) is 0 Å². The van der Waals surface area contributed by atoms with Crippen LogP contribution in [-0.2, 0) is 23.3 Å². The predicted octanol–water partition coefficient (Wildman–Crippen LogP) is 1.56. The molecule has 0 radical (unpaired) electrons. The zero-order valence-corrected chi connectivity index (χ0v) is 11.3. The van der Waals surface area contributed by atoms with Gasteiger partial charge in [0.15, 0.2) is 0 Å². The molecule has 0 fully saturated rings. The first-order valence-electron chi connectivity index (χ1n) is 0.667. The standard InChI is InChI=1S/Ba.H2S5/c;1-3-5-4-2/h;1-2H/q+2;/p-2. The molecule has 0 saturated carbocycles. The molecule has 0 aromatic carbocycles. The maximum Gasteiger partial charge on any atom is 2.00 e. The van der Waals surface area contributed by atoms with Crippen molar-refractivity contribution in [1.82, 2.24) is 0 Å². The fraction of sp³-hybridized carbons (Fsp3) is 0. The number of hydrogen-bond donors (Lipinski definition) is 0. The Balaban J connectivity index is 0. The van der Waals surface area contributed by atoms with Crippen molar-refractivity contribution in [2.75, 3.05) is 0 Å². The van der Waals surface area contributed by atoms with Gasteiger partial charge >= 0.3 is 48.9 Å². The molecule has 32 valence electrons. The molecule has 0 aliphatic heterocycles. The fourth-order valence-corrected chi connectivity index (χ4v) is 2.76. The molecule has 0 saturated heterocycles. The second kappa shape index (κ2) is 11.2.